The van der Waals surface area contributed by atoms with Gasteiger partial charge in [0.25, 0.3) is 0 Å². The summed E-state index contributed by atoms with van der Waals surface area (Å²) in [5.41, 5.74) is 4.40. The molecule has 0 bridgehead atoms. The summed E-state index contributed by atoms with van der Waals surface area (Å²) >= 11 is 1.74. The number of nitrogens with one attached hydrogen (secondary N) is 1. The number of thioether (sulfide) groups is 1. The van der Waals surface area contributed by atoms with Gasteiger partial charge in [-0.2, -0.15) is 5.10 Å². The molecule has 6 nitrogen and oxygen atoms in total. The molecule has 26 heavy (non-hydrogen) atoms. The van der Waals surface area contributed by atoms with Gasteiger partial charge in [0.1, 0.15) is 5.60 Å². The number of hydrogen-bond donors (Lipinski definition) is 1. The molecule has 2 heterocycles. The van der Waals surface area contributed by atoms with Crippen molar-refractivity contribution in [3.05, 3.63) is 29.6 Å². The zero-order valence-electron chi connectivity index (χ0n) is 15.8. The Morgan fingerprint density at radius 1 is 1.38 bits per heavy atom. The summed E-state index contributed by atoms with van der Waals surface area (Å²) in [6.07, 6.45) is 8.31. The lowest BCUT2D eigenvalue weighted by atomic mass is 9.92. The van der Waals surface area contributed by atoms with E-state index >= 15 is 0 Å². The first-order valence-corrected chi connectivity index (χ1v) is 10.2. The molecule has 7 heteroatoms. The molecule has 0 radical (unpaired) electrons. The monoisotopic (exact) mass is 374 g/mol. The van der Waals surface area contributed by atoms with Crippen molar-refractivity contribution in [1.82, 2.24) is 20.1 Å². The van der Waals surface area contributed by atoms with Gasteiger partial charge in [0.2, 0.25) is 0 Å². The Hall–Kier alpha value is -2.02. The number of rotatable bonds is 5. The smallest absolute Gasteiger partial charge is 0.407 e. The lowest BCUT2D eigenvalue weighted by Crippen LogP contribution is -2.33. The number of aromatic nitrogens is 3. The number of aryl methyl sites for hydroxylation is 2. The van der Waals surface area contributed by atoms with Crippen LogP contribution in [0.2, 0.25) is 0 Å². The maximum atomic E-state index is 11.7. The van der Waals surface area contributed by atoms with E-state index in [0.29, 0.717) is 6.54 Å². The van der Waals surface area contributed by atoms with Gasteiger partial charge in [-0.25, -0.2) is 4.79 Å². The Morgan fingerprint density at radius 3 is 2.92 bits per heavy atom. The largest absolute Gasteiger partial charge is 0.444 e. The van der Waals surface area contributed by atoms with Crippen LogP contribution in [0.3, 0.4) is 0 Å². The molecule has 0 fully saturated rings. The van der Waals surface area contributed by atoms with Crippen molar-refractivity contribution in [2.75, 3.05) is 12.8 Å². The first-order valence-electron chi connectivity index (χ1n) is 8.93. The Balaban J connectivity index is 1.65. The van der Waals surface area contributed by atoms with E-state index < -0.39 is 5.60 Å². The van der Waals surface area contributed by atoms with Gasteiger partial charge in [-0.3, -0.25) is 9.67 Å². The lowest BCUT2D eigenvalue weighted by molar-refractivity contribution is 0.0526. The third kappa shape index (κ3) is 4.20. The van der Waals surface area contributed by atoms with Crippen molar-refractivity contribution in [2.24, 2.45) is 0 Å². The standard InChI is InChI=1S/C19H26N4O2S/c1-19(2,3)25-18(24)21-9-5-11-23-17(26-4)15-7-6-13-12-20-10-8-14(13)16(15)22-23/h8,10,12H,5-7,9,11H2,1-4H3,(H,21,24). The van der Waals surface area contributed by atoms with Gasteiger partial charge in [-0.05, 0) is 57.9 Å². The van der Waals surface area contributed by atoms with Crippen LogP contribution in [0.1, 0.15) is 38.3 Å². The summed E-state index contributed by atoms with van der Waals surface area (Å²) in [6, 6.07) is 2.05. The highest BCUT2D eigenvalue weighted by Gasteiger charge is 2.24. The predicted molar refractivity (Wildman–Crippen MR) is 104 cm³/mol. The number of fused-ring (bicyclic) bond motifs is 3. The third-order valence-electron chi connectivity index (χ3n) is 4.21. The zero-order valence-corrected chi connectivity index (χ0v) is 16.7. The minimum Gasteiger partial charge on any atom is -0.444 e. The van der Waals surface area contributed by atoms with E-state index in [4.69, 9.17) is 9.84 Å². The van der Waals surface area contributed by atoms with Crippen LogP contribution in [0.15, 0.2) is 23.5 Å². The second-order valence-electron chi connectivity index (χ2n) is 7.37. The van der Waals surface area contributed by atoms with Gasteiger partial charge in [0.05, 0.1) is 10.7 Å². The van der Waals surface area contributed by atoms with Gasteiger partial charge in [0, 0.05) is 36.6 Å². The molecule has 0 spiro atoms. The molecule has 140 valence electrons. The van der Waals surface area contributed by atoms with Crippen molar-refractivity contribution in [1.29, 1.82) is 0 Å². The van der Waals surface area contributed by atoms with Crippen LogP contribution in [-0.2, 0) is 24.1 Å². The summed E-state index contributed by atoms with van der Waals surface area (Å²) in [4.78, 5) is 16.0. The van der Waals surface area contributed by atoms with Gasteiger partial charge in [-0.15, -0.1) is 11.8 Å². The number of ether oxygens (including phenoxy) is 1. The van der Waals surface area contributed by atoms with E-state index in [1.54, 1.807) is 11.8 Å². The number of amides is 1. The maximum absolute atomic E-state index is 11.7. The lowest BCUT2D eigenvalue weighted by Gasteiger charge is -2.19. The molecule has 1 N–H and O–H groups in total. The minimum absolute atomic E-state index is 0.372. The van der Waals surface area contributed by atoms with Crippen LogP contribution >= 0.6 is 11.8 Å². The third-order valence-corrected chi connectivity index (χ3v) is 5.05. The molecule has 0 saturated heterocycles. The quantitative estimate of drug-likeness (QED) is 0.639. The topological polar surface area (TPSA) is 69.0 Å². The number of alkyl carbamates (subject to hydrolysis) is 1. The summed E-state index contributed by atoms with van der Waals surface area (Å²) in [7, 11) is 0. The van der Waals surface area contributed by atoms with Crippen LogP contribution in [0, 0.1) is 0 Å². The Labute approximate surface area is 158 Å². The van der Waals surface area contributed by atoms with Crippen molar-refractivity contribution in [3.63, 3.8) is 0 Å². The Morgan fingerprint density at radius 2 is 2.19 bits per heavy atom. The summed E-state index contributed by atoms with van der Waals surface area (Å²) in [5, 5.41) is 8.89. The molecule has 0 aromatic carbocycles. The fourth-order valence-electron chi connectivity index (χ4n) is 3.16. The predicted octanol–water partition coefficient (Wildman–Crippen LogP) is 3.68. The van der Waals surface area contributed by atoms with Crippen LogP contribution in [-0.4, -0.2) is 39.3 Å². The van der Waals surface area contributed by atoms with E-state index in [9.17, 15) is 4.79 Å². The second-order valence-corrected chi connectivity index (χ2v) is 8.17. The molecule has 1 aliphatic carbocycles. The Bertz CT molecular complexity index is 795. The second kappa shape index (κ2) is 7.70. The number of carbonyl (C=O) groups excluding carboxylic acids is 1. The van der Waals surface area contributed by atoms with E-state index in [1.807, 2.05) is 33.2 Å². The number of nitrogens with zero attached hydrogens (tertiary/aromatic N) is 3. The van der Waals surface area contributed by atoms with E-state index in [0.717, 1.165) is 31.5 Å². The van der Waals surface area contributed by atoms with E-state index in [2.05, 4.69) is 27.3 Å². The highest BCUT2D eigenvalue weighted by molar-refractivity contribution is 7.98. The van der Waals surface area contributed by atoms with Crippen molar-refractivity contribution >= 4 is 17.9 Å². The molecule has 1 aliphatic rings. The molecule has 0 saturated carbocycles. The molecule has 0 atom stereocenters. The highest BCUT2D eigenvalue weighted by Crippen LogP contribution is 2.37. The van der Waals surface area contributed by atoms with Gasteiger partial charge in [0.15, 0.2) is 0 Å². The van der Waals surface area contributed by atoms with Crippen LogP contribution < -0.4 is 5.32 Å². The SMILES string of the molecule is CSc1c2c(nn1CCCNC(=O)OC(C)(C)C)-c1ccncc1CC2. The molecule has 1 amide bonds. The minimum atomic E-state index is -0.473. The average molecular weight is 375 g/mol. The Kier molecular flexibility index (Phi) is 5.55. The number of hydrogen-bond acceptors (Lipinski definition) is 5. The molecule has 0 aliphatic heterocycles. The maximum Gasteiger partial charge on any atom is 0.407 e. The fraction of sp³-hybridized carbons (Fsp3) is 0.526. The summed E-state index contributed by atoms with van der Waals surface area (Å²) in [6.45, 7) is 6.91. The molecule has 2 aromatic rings. The van der Waals surface area contributed by atoms with Crippen molar-refractivity contribution in [3.8, 4) is 11.3 Å². The summed E-state index contributed by atoms with van der Waals surface area (Å²) < 4.78 is 7.33. The van der Waals surface area contributed by atoms with Crippen LogP contribution in [0.25, 0.3) is 11.3 Å². The molecule has 2 aromatic heterocycles. The van der Waals surface area contributed by atoms with E-state index in [1.165, 1.54) is 21.7 Å². The first-order chi connectivity index (χ1) is 12.4. The molecular formula is C19H26N4O2S. The average Bonchev–Trinajstić information content (AvgIpc) is 2.95. The molecule has 3 rings (SSSR count). The molecule has 0 unspecified atom stereocenters. The zero-order chi connectivity index (χ0) is 18.7. The number of carbonyl (C=O) groups is 1. The van der Waals surface area contributed by atoms with Crippen molar-refractivity contribution in [2.45, 2.75) is 57.2 Å². The van der Waals surface area contributed by atoms with Crippen LogP contribution in [0.5, 0.6) is 0 Å². The van der Waals surface area contributed by atoms with Gasteiger partial charge >= 0.3 is 6.09 Å². The van der Waals surface area contributed by atoms with Gasteiger partial charge < -0.3 is 10.1 Å². The van der Waals surface area contributed by atoms with E-state index in [-0.39, 0.29) is 6.09 Å². The van der Waals surface area contributed by atoms with Gasteiger partial charge in [-0.1, -0.05) is 0 Å². The number of pyridine rings is 1. The summed E-state index contributed by atoms with van der Waals surface area (Å²) in [5.74, 6) is 0. The normalized spacial score (nSPS) is 13.1. The van der Waals surface area contributed by atoms with Crippen molar-refractivity contribution < 1.29 is 9.53 Å². The highest BCUT2D eigenvalue weighted by atomic mass is 32.2. The fourth-order valence-corrected chi connectivity index (χ4v) is 3.94. The first kappa shape index (κ1) is 18.8. The molecular weight excluding hydrogens is 348 g/mol. The van der Waals surface area contributed by atoms with Crippen LogP contribution in [0.4, 0.5) is 4.79 Å².